The first-order chi connectivity index (χ1) is 14.4. The second-order valence-corrected chi connectivity index (χ2v) is 7.78. The predicted octanol–water partition coefficient (Wildman–Crippen LogP) is 2.60. The SMILES string of the molecule is Cc1cnc2c(C(=O)N[C@@]3(c4ccc(C(F)(F)F)cc4F)COC[C@@]3(C)O)cnn2c1. The summed E-state index contributed by atoms with van der Waals surface area (Å²) in [5.41, 5.74) is -4.07. The maximum atomic E-state index is 14.9. The van der Waals surface area contributed by atoms with Gasteiger partial charge in [-0.25, -0.2) is 13.9 Å². The third-order valence-electron chi connectivity index (χ3n) is 5.43. The van der Waals surface area contributed by atoms with Gasteiger partial charge in [-0.05, 0) is 31.5 Å². The van der Waals surface area contributed by atoms with Gasteiger partial charge in [-0.2, -0.15) is 18.3 Å². The van der Waals surface area contributed by atoms with Crippen molar-refractivity contribution in [2.24, 2.45) is 0 Å². The molecule has 2 aromatic heterocycles. The van der Waals surface area contributed by atoms with Gasteiger partial charge >= 0.3 is 6.18 Å². The number of nitrogens with zero attached hydrogens (tertiary/aromatic N) is 3. The zero-order chi connectivity index (χ0) is 22.6. The van der Waals surface area contributed by atoms with Gasteiger partial charge in [0.15, 0.2) is 5.65 Å². The lowest BCUT2D eigenvalue weighted by Gasteiger charge is -2.39. The first-order valence-electron chi connectivity index (χ1n) is 9.24. The molecular formula is C20H18F4N4O3. The van der Waals surface area contributed by atoms with Crippen LogP contribution in [0.3, 0.4) is 0 Å². The standard InChI is InChI=1S/C20H18F4N4O3/c1-11-6-25-16-13(7-26-28(16)8-11)17(29)27-19(10-31-9-18(19,2)30)14-4-3-12(5-15(14)21)20(22,23)24/h3-8,30H,9-10H2,1-2H3,(H,27,29)/t18-,19-/m1/s1. The van der Waals surface area contributed by atoms with Crippen LogP contribution in [0.15, 0.2) is 36.8 Å². The van der Waals surface area contributed by atoms with Crippen molar-refractivity contribution in [1.29, 1.82) is 0 Å². The molecule has 1 saturated heterocycles. The van der Waals surface area contributed by atoms with Gasteiger partial charge in [0.05, 0.1) is 25.0 Å². The Balaban J connectivity index is 1.78. The molecule has 0 radical (unpaired) electrons. The topological polar surface area (TPSA) is 88.8 Å². The van der Waals surface area contributed by atoms with Crippen LogP contribution in [0.4, 0.5) is 17.6 Å². The van der Waals surface area contributed by atoms with Gasteiger partial charge in [-0.15, -0.1) is 0 Å². The van der Waals surface area contributed by atoms with Crippen LogP contribution in [-0.2, 0) is 16.5 Å². The zero-order valence-electron chi connectivity index (χ0n) is 16.5. The van der Waals surface area contributed by atoms with Gasteiger partial charge in [0.25, 0.3) is 5.91 Å². The summed E-state index contributed by atoms with van der Waals surface area (Å²) in [5.74, 6) is -1.97. The Kier molecular flexibility index (Phi) is 4.78. The molecule has 3 heterocycles. The summed E-state index contributed by atoms with van der Waals surface area (Å²) in [4.78, 5) is 17.3. The van der Waals surface area contributed by atoms with Crippen molar-refractivity contribution in [2.45, 2.75) is 31.2 Å². The third kappa shape index (κ3) is 3.43. The number of halogens is 4. The largest absolute Gasteiger partial charge is 0.416 e. The lowest BCUT2D eigenvalue weighted by molar-refractivity contribution is -0.137. The molecule has 7 nitrogen and oxygen atoms in total. The molecule has 0 unspecified atom stereocenters. The van der Waals surface area contributed by atoms with Crippen molar-refractivity contribution in [2.75, 3.05) is 13.2 Å². The number of nitrogens with one attached hydrogen (secondary N) is 1. The van der Waals surface area contributed by atoms with E-state index in [4.69, 9.17) is 4.74 Å². The van der Waals surface area contributed by atoms with Crippen LogP contribution in [0, 0.1) is 12.7 Å². The molecule has 1 aromatic carbocycles. The number of aliphatic hydroxyl groups is 1. The predicted molar refractivity (Wildman–Crippen MR) is 99.7 cm³/mol. The van der Waals surface area contributed by atoms with Gasteiger partial charge in [-0.3, -0.25) is 4.79 Å². The molecular weight excluding hydrogens is 420 g/mol. The van der Waals surface area contributed by atoms with Gasteiger partial charge in [-0.1, -0.05) is 6.07 Å². The van der Waals surface area contributed by atoms with E-state index in [1.54, 1.807) is 13.1 Å². The van der Waals surface area contributed by atoms with E-state index in [0.717, 1.165) is 11.6 Å². The molecule has 164 valence electrons. The molecule has 2 N–H and O–H groups in total. The Morgan fingerprint density at radius 3 is 2.65 bits per heavy atom. The Morgan fingerprint density at radius 2 is 2.03 bits per heavy atom. The van der Waals surface area contributed by atoms with E-state index in [1.165, 1.54) is 23.8 Å². The number of carbonyl (C=O) groups is 1. The summed E-state index contributed by atoms with van der Waals surface area (Å²) in [6.07, 6.45) is -0.295. The van der Waals surface area contributed by atoms with Gasteiger partial charge in [0.2, 0.25) is 0 Å². The Hall–Kier alpha value is -3.05. The van der Waals surface area contributed by atoms with Crippen molar-refractivity contribution in [1.82, 2.24) is 19.9 Å². The Morgan fingerprint density at radius 1 is 1.29 bits per heavy atom. The van der Waals surface area contributed by atoms with Crippen molar-refractivity contribution >= 4 is 11.6 Å². The van der Waals surface area contributed by atoms with Crippen LogP contribution in [0.2, 0.25) is 0 Å². The number of fused-ring (bicyclic) bond motifs is 1. The summed E-state index contributed by atoms with van der Waals surface area (Å²) in [5, 5.41) is 17.6. The number of alkyl halides is 3. The number of hydrogen-bond acceptors (Lipinski definition) is 5. The minimum Gasteiger partial charge on any atom is -0.385 e. The molecule has 11 heteroatoms. The average Bonchev–Trinajstić information content (AvgIpc) is 3.21. The van der Waals surface area contributed by atoms with Crippen LogP contribution in [0.1, 0.15) is 34.0 Å². The maximum Gasteiger partial charge on any atom is 0.416 e. The fourth-order valence-electron chi connectivity index (χ4n) is 3.71. The summed E-state index contributed by atoms with van der Waals surface area (Å²) >= 11 is 0. The van der Waals surface area contributed by atoms with Crippen molar-refractivity contribution < 1.29 is 32.2 Å². The van der Waals surface area contributed by atoms with Crippen LogP contribution in [0.5, 0.6) is 0 Å². The number of rotatable bonds is 3. The quantitative estimate of drug-likeness (QED) is 0.614. The molecule has 0 spiro atoms. The molecule has 0 bridgehead atoms. The lowest BCUT2D eigenvalue weighted by Crippen LogP contribution is -2.60. The Bertz CT molecular complexity index is 1170. The van der Waals surface area contributed by atoms with E-state index < -0.39 is 34.6 Å². The minimum atomic E-state index is -4.74. The number of aryl methyl sites for hydroxylation is 1. The molecule has 1 amide bonds. The highest BCUT2D eigenvalue weighted by Gasteiger charge is 2.56. The molecule has 4 rings (SSSR count). The zero-order valence-corrected chi connectivity index (χ0v) is 16.5. The molecule has 1 fully saturated rings. The lowest BCUT2D eigenvalue weighted by atomic mass is 9.77. The fraction of sp³-hybridized carbons (Fsp3) is 0.350. The monoisotopic (exact) mass is 438 g/mol. The number of aromatic nitrogens is 3. The van der Waals surface area contributed by atoms with Crippen molar-refractivity contribution in [3.05, 3.63) is 64.9 Å². The van der Waals surface area contributed by atoms with Crippen LogP contribution in [-0.4, -0.2) is 44.4 Å². The van der Waals surface area contributed by atoms with Crippen molar-refractivity contribution in [3.63, 3.8) is 0 Å². The summed E-state index contributed by atoms with van der Waals surface area (Å²) < 4.78 is 60.5. The smallest absolute Gasteiger partial charge is 0.385 e. The van der Waals surface area contributed by atoms with E-state index in [-0.39, 0.29) is 30.0 Å². The summed E-state index contributed by atoms with van der Waals surface area (Å²) in [6.45, 7) is 2.50. The van der Waals surface area contributed by atoms with Crippen LogP contribution in [0.25, 0.3) is 5.65 Å². The molecule has 2 atom stereocenters. The first kappa shape index (κ1) is 21.2. The number of hydrogen-bond donors (Lipinski definition) is 2. The number of carbonyl (C=O) groups excluding carboxylic acids is 1. The normalized spacial score (nSPS) is 24.0. The van der Waals surface area contributed by atoms with E-state index in [1.807, 2.05) is 0 Å². The number of benzene rings is 1. The van der Waals surface area contributed by atoms with E-state index >= 15 is 0 Å². The van der Waals surface area contributed by atoms with Crippen molar-refractivity contribution in [3.8, 4) is 0 Å². The minimum absolute atomic E-state index is 0.0504. The third-order valence-corrected chi connectivity index (χ3v) is 5.43. The van der Waals surface area contributed by atoms with Crippen LogP contribution < -0.4 is 5.32 Å². The second-order valence-electron chi connectivity index (χ2n) is 7.78. The first-order valence-corrected chi connectivity index (χ1v) is 9.24. The summed E-state index contributed by atoms with van der Waals surface area (Å²) in [7, 11) is 0. The van der Waals surface area contributed by atoms with E-state index in [0.29, 0.717) is 12.1 Å². The van der Waals surface area contributed by atoms with Gasteiger partial charge in [0.1, 0.15) is 22.5 Å². The molecule has 0 aliphatic carbocycles. The number of ether oxygens (including phenoxy) is 1. The molecule has 1 aliphatic heterocycles. The highest BCUT2D eigenvalue weighted by molar-refractivity contribution is 6.00. The average molecular weight is 438 g/mol. The summed E-state index contributed by atoms with van der Waals surface area (Å²) in [6, 6.07) is 1.93. The number of amides is 1. The van der Waals surface area contributed by atoms with Crippen LogP contribution >= 0.6 is 0 Å². The highest BCUT2D eigenvalue weighted by Crippen LogP contribution is 2.41. The maximum absolute atomic E-state index is 14.9. The van der Waals surface area contributed by atoms with Gasteiger partial charge in [0, 0.05) is 18.0 Å². The molecule has 3 aromatic rings. The second kappa shape index (κ2) is 6.99. The van der Waals surface area contributed by atoms with E-state index in [9.17, 15) is 27.5 Å². The van der Waals surface area contributed by atoms with E-state index in [2.05, 4.69) is 15.4 Å². The highest BCUT2D eigenvalue weighted by atomic mass is 19.4. The Labute approximate surface area is 173 Å². The molecule has 31 heavy (non-hydrogen) atoms. The van der Waals surface area contributed by atoms with Gasteiger partial charge < -0.3 is 15.2 Å². The molecule has 1 aliphatic rings. The molecule has 0 saturated carbocycles. The fourth-order valence-corrected chi connectivity index (χ4v) is 3.71.